The number of anilines is 1. The Bertz CT molecular complexity index is 1580. The van der Waals surface area contributed by atoms with E-state index in [1.54, 1.807) is 6.07 Å². The van der Waals surface area contributed by atoms with Crippen LogP contribution >= 0.6 is 0 Å². The Balaban J connectivity index is 1.30. The van der Waals surface area contributed by atoms with Crippen LogP contribution in [0, 0.1) is 5.92 Å². The van der Waals surface area contributed by atoms with Crippen molar-refractivity contribution in [3.63, 3.8) is 0 Å². The lowest BCUT2D eigenvalue weighted by molar-refractivity contribution is -0.275. The molecule has 0 aliphatic carbocycles. The van der Waals surface area contributed by atoms with Gasteiger partial charge in [0.1, 0.15) is 0 Å². The van der Waals surface area contributed by atoms with Crippen LogP contribution in [0.3, 0.4) is 0 Å². The summed E-state index contributed by atoms with van der Waals surface area (Å²) in [7, 11) is 2.09. The first-order chi connectivity index (χ1) is 22.8. The number of Topliss-reactive ketones (excluding diaryl/α,β-unsaturated/α-hetero) is 1. The number of nitrogens with zero attached hydrogens (tertiary/aromatic N) is 2. The zero-order chi connectivity index (χ0) is 33.2. The molecular weight excluding hydrogens is 592 g/mol. The smallest absolute Gasteiger partial charge is 0.319 e. The van der Waals surface area contributed by atoms with Gasteiger partial charge in [0.05, 0.1) is 24.9 Å². The van der Waals surface area contributed by atoms with Crippen LogP contribution in [-0.2, 0) is 33.7 Å². The fourth-order valence-electron chi connectivity index (χ4n) is 5.81. The number of carbonyl (C=O) groups excluding carboxylic acids is 2. The van der Waals surface area contributed by atoms with Crippen LogP contribution in [0.1, 0.15) is 54.2 Å². The van der Waals surface area contributed by atoms with Gasteiger partial charge in [0.25, 0.3) is 0 Å². The Hall–Kier alpha value is -4.41. The number of carbonyl (C=O) groups is 2. The molecule has 1 fully saturated rings. The molecule has 3 aromatic carbocycles. The van der Waals surface area contributed by atoms with Gasteiger partial charge in [0.2, 0.25) is 0 Å². The fraction of sp³-hybridized carbons (Fsp3) is 0.342. The van der Waals surface area contributed by atoms with E-state index in [0.29, 0.717) is 18.7 Å². The molecule has 0 radical (unpaired) electrons. The van der Waals surface area contributed by atoms with E-state index in [1.807, 2.05) is 97.2 Å². The third kappa shape index (κ3) is 9.56. The summed E-state index contributed by atoms with van der Waals surface area (Å²) in [5.41, 5.74) is 5.17. The zero-order valence-electron chi connectivity index (χ0n) is 27.2. The van der Waals surface area contributed by atoms with Gasteiger partial charge in [-0.2, -0.15) is 0 Å². The van der Waals surface area contributed by atoms with E-state index in [2.05, 4.69) is 34.5 Å². The molecule has 9 nitrogen and oxygen atoms in total. The molecule has 2 amide bonds. The molecule has 0 bridgehead atoms. The van der Waals surface area contributed by atoms with Crippen molar-refractivity contribution < 1.29 is 24.2 Å². The van der Waals surface area contributed by atoms with Crippen molar-refractivity contribution in [1.29, 1.82) is 0 Å². The van der Waals surface area contributed by atoms with Gasteiger partial charge in [0, 0.05) is 48.6 Å². The number of amides is 2. The van der Waals surface area contributed by atoms with Gasteiger partial charge in [-0.3, -0.25) is 9.78 Å². The zero-order valence-corrected chi connectivity index (χ0v) is 27.2. The first-order valence-corrected chi connectivity index (χ1v) is 16.1. The number of pyridine rings is 1. The molecule has 1 aliphatic rings. The van der Waals surface area contributed by atoms with Gasteiger partial charge in [-0.05, 0) is 61.3 Å². The predicted octanol–water partition coefficient (Wildman–Crippen LogP) is 5.86. The number of urea groups is 1. The fourth-order valence-corrected chi connectivity index (χ4v) is 5.81. The molecule has 1 aliphatic heterocycles. The highest BCUT2D eigenvalue weighted by atomic mass is 16.7. The van der Waals surface area contributed by atoms with Crippen molar-refractivity contribution >= 4 is 17.5 Å². The van der Waals surface area contributed by atoms with Crippen molar-refractivity contribution in [2.24, 2.45) is 5.92 Å². The minimum atomic E-state index is -0.684. The van der Waals surface area contributed by atoms with Gasteiger partial charge < -0.3 is 30.1 Å². The van der Waals surface area contributed by atoms with E-state index in [9.17, 15) is 14.7 Å². The molecule has 246 valence electrons. The minimum absolute atomic E-state index is 0.0242. The Labute approximate surface area is 276 Å². The summed E-state index contributed by atoms with van der Waals surface area (Å²) in [4.78, 5) is 32.1. The van der Waals surface area contributed by atoms with Crippen molar-refractivity contribution in [3.8, 4) is 0 Å². The number of rotatable bonds is 13. The van der Waals surface area contributed by atoms with Gasteiger partial charge in [0.15, 0.2) is 12.1 Å². The standard InChI is InChI=1S/C38H44N4O5/c1-26-35(24-42(3)21-19-32-13-7-8-20-39-32)46-37(47-36(26)30-17-15-29(25-43)16-18-30)31-12-9-14-33(23-31)40-38(45)41-34(27(2)44)22-28-10-5-4-6-11-28/h4-18,20,23,26,34-37,43H,19,21-22,24-25H2,1-3H3,(H2,40,41,45)/t26-,34+,35+,36+,37?/m0/s1. The lowest BCUT2D eigenvalue weighted by atomic mass is 9.90. The van der Waals surface area contributed by atoms with Crippen LogP contribution in [0.25, 0.3) is 0 Å². The van der Waals surface area contributed by atoms with Crippen molar-refractivity contribution in [2.75, 3.05) is 25.5 Å². The summed E-state index contributed by atoms with van der Waals surface area (Å²) < 4.78 is 13.3. The van der Waals surface area contributed by atoms with Crippen LogP contribution in [0.2, 0.25) is 0 Å². The number of ketones is 1. The molecule has 3 N–H and O–H groups in total. The molecule has 5 atom stereocenters. The lowest BCUT2D eigenvalue weighted by Crippen LogP contribution is -2.44. The summed E-state index contributed by atoms with van der Waals surface area (Å²) in [5.74, 6) is -0.0891. The van der Waals surface area contributed by atoms with Crippen molar-refractivity contribution in [1.82, 2.24) is 15.2 Å². The Morgan fingerprint density at radius 1 is 0.915 bits per heavy atom. The topological polar surface area (TPSA) is 113 Å². The summed E-state index contributed by atoms with van der Waals surface area (Å²) >= 11 is 0. The largest absolute Gasteiger partial charge is 0.392 e. The van der Waals surface area contributed by atoms with E-state index >= 15 is 0 Å². The lowest BCUT2D eigenvalue weighted by Gasteiger charge is -2.42. The second kappa shape index (κ2) is 16.4. The van der Waals surface area contributed by atoms with E-state index in [-0.39, 0.29) is 30.5 Å². The number of hydrogen-bond acceptors (Lipinski definition) is 7. The highest BCUT2D eigenvalue weighted by Crippen LogP contribution is 2.42. The molecular formula is C38H44N4O5. The minimum Gasteiger partial charge on any atom is -0.392 e. The van der Waals surface area contributed by atoms with Crippen molar-refractivity contribution in [2.45, 2.75) is 57.8 Å². The highest BCUT2D eigenvalue weighted by Gasteiger charge is 2.39. The molecule has 1 unspecified atom stereocenters. The third-order valence-electron chi connectivity index (χ3n) is 8.59. The molecule has 0 spiro atoms. The van der Waals surface area contributed by atoms with Crippen molar-refractivity contribution in [3.05, 3.63) is 131 Å². The average Bonchev–Trinajstić information content (AvgIpc) is 3.09. The number of ether oxygens (including phenoxy) is 2. The van der Waals surface area contributed by atoms with Crippen LogP contribution in [0.4, 0.5) is 10.5 Å². The van der Waals surface area contributed by atoms with Gasteiger partial charge in [-0.1, -0.05) is 79.7 Å². The summed E-state index contributed by atoms with van der Waals surface area (Å²) in [6, 6.07) is 29.7. The molecule has 47 heavy (non-hydrogen) atoms. The SMILES string of the molecule is CC(=O)[C@@H](Cc1ccccc1)NC(=O)Nc1cccc(C2O[C@H](CN(C)CCc3ccccn3)[C@H](C)[C@H](c3ccc(CO)cc3)O2)c1. The second-order valence-electron chi connectivity index (χ2n) is 12.2. The van der Waals surface area contributed by atoms with Gasteiger partial charge in [-0.15, -0.1) is 0 Å². The van der Waals surface area contributed by atoms with E-state index in [4.69, 9.17) is 9.47 Å². The summed E-state index contributed by atoms with van der Waals surface area (Å²) in [6.45, 7) is 5.11. The molecule has 4 aromatic rings. The average molecular weight is 637 g/mol. The maximum Gasteiger partial charge on any atom is 0.319 e. The molecule has 1 aromatic heterocycles. The maximum absolute atomic E-state index is 13.0. The van der Waals surface area contributed by atoms with E-state index in [0.717, 1.165) is 40.9 Å². The Morgan fingerprint density at radius 3 is 2.38 bits per heavy atom. The summed E-state index contributed by atoms with van der Waals surface area (Å²) in [6.07, 6.45) is 1.95. The van der Waals surface area contributed by atoms with E-state index < -0.39 is 18.4 Å². The van der Waals surface area contributed by atoms with Crippen LogP contribution in [0.15, 0.2) is 103 Å². The molecule has 5 rings (SSSR count). The molecule has 2 heterocycles. The number of nitrogens with one attached hydrogen (secondary N) is 2. The van der Waals surface area contributed by atoms with Crippen LogP contribution in [-0.4, -0.2) is 59.1 Å². The second-order valence-corrected chi connectivity index (χ2v) is 12.2. The molecule has 1 saturated heterocycles. The molecule has 9 heteroatoms. The van der Waals surface area contributed by atoms with Crippen LogP contribution < -0.4 is 10.6 Å². The van der Waals surface area contributed by atoms with Gasteiger partial charge >= 0.3 is 6.03 Å². The maximum atomic E-state index is 13.0. The monoisotopic (exact) mass is 636 g/mol. The number of hydrogen-bond donors (Lipinski definition) is 3. The first kappa shape index (κ1) is 33.9. The normalized spacial score (nSPS) is 20.0. The Kier molecular flexibility index (Phi) is 11.9. The summed E-state index contributed by atoms with van der Waals surface area (Å²) in [5, 5.41) is 15.3. The number of aliphatic hydroxyl groups excluding tert-OH is 1. The molecule has 0 saturated carbocycles. The quantitative estimate of drug-likeness (QED) is 0.169. The van der Waals surface area contributed by atoms with Gasteiger partial charge in [-0.25, -0.2) is 4.79 Å². The number of likely N-dealkylation sites (N-methyl/N-ethyl adjacent to an activating group) is 1. The van der Waals surface area contributed by atoms with Crippen LogP contribution in [0.5, 0.6) is 0 Å². The Morgan fingerprint density at radius 2 is 1.68 bits per heavy atom. The first-order valence-electron chi connectivity index (χ1n) is 16.1. The number of aromatic nitrogens is 1. The predicted molar refractivity (Wildman–Crippen MR) is 182 cm³/mol. The number of aliphatic hydroxyl groups is 1. The van der Waals surface area contributed by atoms with E-state index in [1.165, 1.54) is 6.92 Å². The third-order valence-corrected chi connectivity index (χ3v) is 8.59. The number of benzene rings is 3. The highest BCUT2D eigenvalue weighted by molar-refractivity contribution is 5.93.